The lowest BCUT2D eigenvalue weighted by Crippen LogP contribution is -2.42. The summed E-state index contributed by atoms with van der Waals surface area (Å²) in [5, 5.41) is 4.79. The third kappa shape index (κ3) is 3.11. The zero-order chi connectivity index (χ0) is 17.4. The fourth-order valence-corrected chi connectivity index (χ4v) is 4.14. The molecule has 1 aromatic carbocycles. The zero-order valence-electron chi connectivity index (χ0n) is 14.3. The first-order valence-corrected chi connectivity index (χ1v) is 9.23. The minimum Gasteiger partial charge on any atom is -0.467 e. The second kappa shape index (κ2) is 6.48. The van der Waals surface area contributed by atoms with Gasteiger partial charge in [-0.3, -0.25) is 9.48 Å². The van der Waals surface area contributed by atoms with Crippen LogP contribution < -0.4 is 4.74 Å². The molecule has 3 aromatic rings. The van der Waals surface area contributed by atoms with E-state index in [-0.39, 0.29) is 12.0 Å². The second-order valence-electron chi connectivity index (χ2n) is 6.35. The molecule has 0 N–H and O–H groups in total. The average Bonchev–Trinajstić information content (AvgIpc) is 3.21. The van der Waals surface area contributed by atoms with E-state index >= 15 is 0 Å². The maximum Gasteiger partial charge on any atom is 0.274 e. The zero-order valence-corrected chi connectivity index (χ0v) is 15.1. The number of ether oxygens (including phenoxy) is 1. The van der Waals surface area contributed by atoms with Crippen LogP contribution in [0.15, 0.2) is 30.5 Å². The Morgan fingerprint density at radius 1 is 1.28 bits per heavy atom. The summed E-state index contributed by atoms with van der Waals surface area (Å²) in [5.41, 5.74) is 2.81. The van der Waals surface area contributed by atoms with Gasteiger partial charge in [0.05, 0.1) is 10.2 Å². The number of aryl methyl sites for hydroxylation is 2. The normalized spacial score (nSPS) is 15.7. The Labute approximate surface area is 150 Å². The summed E-state index contributed by atoms with van der Waals surface area (Å²) in [4.78, 5) is 19.0. The van der Waals surface area contributed by atoms with Crippen LogP contribution in [0.25, 0.3) is 10.2 Å². The predicted molar refractivity (Wildman–Crippen MR) is 97.1 cm³/mol. The lowest BCUT2D eigenvalue weighted by atomic mass is 10.1. The number of hydrogen-bond acceptors (Lipinski definition) is 5. The lowest BCUT2D eigenvalue weighted by Gasteiger charge is -2.31. The van der Waals surface area contributed by atoms with E-state index in [1.54, 1.807) is 35.3 Å². The van der Waals surface area contributed by atoms with Crippen molar-refractivity contribution >= 4 is 27.5 Å². The van der Waals surface area contributed by atoms with E-state index in [4.69, 9.17) is 4.74 Å². The highest BCUT2D eigenvalue weighted by Gasteiger charge is 2.26. The Bertz CT molecular complexity index is 909. The Morgan fingerprint density at radius 3 is 2.76 bits per heavy atom. The molecule has 0 saturated carbocycles. The van der Waals surface area contributed by atoms with E-state index in [1.807, 2.05) is 11.0 Å². The van der Waals surface area contributed by atoms with Gasteiger partial charge >= 0.3 is 0 Å². The number of aromatic nitrogens is 3. The number of likely N-dealkylation sites (tertiary alicyclic amines) is 1. The van der Waals surface area contributed by atoms with Crippen molar-refractivity contribution in [3.8, 4) is 5.19 Å². The molecule has 4 rings (SSSR count). The molecule has 1 aliphatic heterocycles. The third-order valence-electron chi connectivity index (χ3n) is 4.64. The van der Waals surface area contributed by atoms with Crippen LogP contribution >= 0.6 is 11.3 Å². The molecule has 2 aromatic heterocycles. The van der Waals surface area contributed by atoms with E-state index in [0.717, 1.165) is 28.3 Å². The number of rotatable bonds is 3. The van der Waals surface area contributed by atoms with Gasteiger partial charge in [0, 0.05) is 39.2 Å². The first-order valence-electron chi connectivity index (χ1n) is 8.42. The molecule has 7 heteroatoms. The molecule has 25 heavy (non-hydrogen) atoms. The van der Waals surface area contributed by atoms with Gasteiger partial charge in [-0.15, -0.1) is 0 Å². The average molecular weight is 356 g/mol. The standard InChI is InChI=1S/C18H20N4O2S/c1-12-4-3-5-15-16(12)20-18(25-15)24-13-7-10-22(11-8-13)17(23)14-6-9-19-21(14)2/h3-6,9,13H,7-8,10-11H2,1-2H3. The number of benzene rings is 1. The van der Waals surface area contributed by atoms with Crippen LogP contribution in [0.2, 0.25) is 0 Å². The molecule has 1 saturated heterocycles. The molecular weight excluding hydrogens is 336 g/mol. The molecule has 0 atom stereocenters. The number of hydrogen-bond donors (Lipinski definition) is 0. The molecule has 0 unspecified atom stereocenters. The van der Waals surface area contributed by atoms with Gasteiger partial charge in [-0.1, -0.05) is 23.5 Å². The molecule has 1 aliphatic rings. The van der Waals surface area contributed by atoms with Crippen molar-refractivity contribution in [3.05, 3.63) is 41.7 Å². The van der Waals surface area contributed by atoms with Crippen LogP contribution in [0.5, 0.6) is 5.19 Å². The van der Waals surface area contributed by atoms with Crippen molar-refractivity contribution in [2.75, 3.05) is 13.1 Å². The molecule has 0 radical (unpaired) electrons. The van der Waals surface area contributed by atoms with E-state index < -0.39 is 0 Å². The highest BCUT2D eigenvalue weighted by molar-refractivity contribution is 7.20. The smallest absolute Gasteiger partial charge is 0.274 e. The van der Waals surface area contributed by atoms with Gasteiger partial charge in [0.15, 0.2) is 0 Å². The maximum atomic E-state index is 12.5. The van der Waals surface area contributed by atoms with Crippen molar-refractivity contribution in [1.29, 1.82) is 0 Å². The minimum atomic E-state index is 0.0362. The van der Waals surface area contributed by atoms with Crippen molar-refractivity contribution in [2.24, 2.45) is 7.05 Å². The van der Waals surface area contributed by atoms with Crippen LogP contribution in [0, 0.1) is 6.92 Å². The number of thiazole rings is 1. The highest BCUT2D eigenvalue weighted by atomic mass is 32.1. The van der Waals surface area contributed by atoms with E-state index in [0.29, 0.717) is 18.8 Å². The number of carbonyl (C=O) groups excluding carboxylic acids is 1. The predicted octanol–water partition coefficient (Wildman–Crippen LogP) is 3.02. The number of amides is 1. The molecule has 1 fully saturated rings. The van der Waals surface area contributed by atoms with Crippen LogP contribution in [0.3, 0.4) is 0 Å². The number of piperidine rings is 1. The lowest BCUT2D eigenvalue weighted by molar-refractivity contribution is 0.0585. The fourth-order valence-electron chi connectivity index (χ4n) is 3.18. The summed E-state index contributed by atoms with van der Waals surface area (Å²) < 4.78 is 8.86. The van der Waals surface area contributed by atoms with Crippen molar-refractivity contribution in [2.45, 2.75) is 25.9 Å². The van der Waals surface area contributed by atoms with E-state index in [9.17, 15) is 4.79 Å². The molecule has 1 amide bonds. The van der Waals surface area contributed by atoms with Crippen molar-refractivity contribution in [3.63, 3.8) is 0 Å². The van der Waals surface area contributed by atoms with Crippen LogP contribution in [0.1, 0.15) is 28.9 Å². The monoisotopic (exact) mass is 356 g/mol. The Balaban J connectivity index is 1.39. The van der Waals surface area contributed by atoms with E-state index in [2.05, 4.69) is 29.1 Å². The largest absolute Gasteiger partial charge is 0.467 e. The van der Waals surface area contributed by atoms with Crippen LogP contribution in [-0.2, 0) is 7.05 Å². The third-order valence-corrected chi connectivity index (χ3v) is 5.55. The van der Waals surface area contributed by atoms with Crippen LogP contribution in [-0.4, -0.2) is 44.8 Å². The Kier molecular flexibility index (Phi) is 4.17. The molecular formula is C18H20N4O2S. The Hall–Kier alpha value is -2.41. The topological polar surface area (TPSA) is 60.2 Å². The van der Waals surface area contributed by atoms with E-state index in [1.165, 1.54) is 5.56 Å². The van der Waals surface area contributed by atoms with Gasteiger partial charge in [0.1, 0.15) is 11.8 Å². The second-order valence-corrected chi connectivity index (χ2v) is 7.34. The summed E-state index contributed by atoms with van der Waals surface area (Å²) in [5.74, 6) is 0.0362. The summed E-state index contributed by atoms with van der Waals surface area (Å²) in [6.07, 6.45) is 3.39. The summed E-state index contributed by atoms with van der Waals surface area (Å²) in [6, 6.07) is 7.94. The Morgan fingerprint density at radius 2 is 2.08 bits per heavy atom. The molecule has 0 bridgehead atoms. The SMILES string of the molecule is Cc1cccc2sc(OC3CCN(C(=O)c4ccnn4C)CC3)nc12. The summed E-state index contributed by atoms with van der Waals surface area (Å²) in [7, 11) is 1.79. The van der Waals surface area contributed by atoms with Gasteiger partial charge in [0.2, 0.25) is 0 Å². The number of carbonyl (C=O) groups is 1. The first kappa shape index (κ1) is 16.1. The van der Waals surface area contributed by atoms with Gasteiger partial charge in [-0.25, -0.2) is 4.98 Å². The quantitative estimate of drug-likeness (QED) is 0.724. The highest BCUT2D eigenvalue weighted by Crippen LogP contribution is 2.31. The minimum absolute atomic E-state index is 0.0362. The molecule has 0 spiro atoms. The number of para-hydroxylation sites is 1. The maximum absolute atomic E-state index is 12.5. The number of nitrogens with zero attached hydrogens (tertiary/aromatic N) is 4. The van der Waals surface area contributed by atoms with Crippen molar-refractivity contribution < 1.29 is 9.53 Å². The first-order chi connectivity index (χ1) is 12.1. The summed E-state index contributed by atoms with van der Waals surface area (Å²) in [6.45, 7) is 3.45. The van der Waals surface area contributed by atoms with Gasteiger partial charge in [0.25, 0.3) is 11.1 Å². The van der Waals surface area contributed by atoms with Gasteiger partial charge in [-0.2, -0.15) is 5.10 Å². The molecule has 130 valence electrons. The molecule has 0 aliphatic carbocycles. The van der Waals surface area contributed by atoms with Gasteiger partial charge < -0.3 is 9.64 Å². The molecule has 6 nitrogen and oxygen atoms in total. The van der Waals surface area contributed by atoms with Crippen molar-refractivity contribution in [1.82, 2.24) is 19.7 Å². The molecule has 3 heterocycles. The van der Waals surface area contributed by atoms with Crippen LogP contribution in [0.4, 0.5) is 0 Å². The van der Waals surface area contributed by atoms with Gasteiger partial charge in [-0.05, 0) is 24.6 Å². The fraction of sp³-hybridized carbons (Fsp3) is 0.389. The summed E-state index contributed by atoms with van der Waals surface area (Å²) >= 11 is 1.59. The number of fused-ring (bicyclic) bond motifs is 1.